The summed E-state index contributed by atoms with van der Waals surface area (Å²) in [5.74, 6) is 0.418. The van der Waals surface area contributed by atoms with Gasteiger partial charge in [0, 0.05) is 18.4 Å². The van der Waals surface area contributed by atoms with Gasteiger partial charge in [0.1, 0.15) is 5.69 Å². The van der Waals surface area contributed by atoms with Crippen molar-refractivity contribution in [3.05, 3.63) is 17.5 Å². The number of carbonyl (C=O) groups is 1. The molecule has 0 aliphatic heterocycles. The first-order valence-electron chi connectivity index (χ1n) is 5.34. The Morgan fingerprint density at radius 3 is 2.69 bits per heavy atom. The smallest absolute Gasteiger partial charge is 0.269 e. The van der Waals surface area contributed by atoms with Gasteiger partial charge in [0.2, 0.25) is 0 Å². The van der Waals surface area contributed by atoms with Crippen LogP contribution in [0.5, 0.6) is 0 Å². The standard InChI is InChI=1S/C11H18BrN3O/c1-7(2)9(12)6-13-11(16)10-5-8(3)14-15(10)4/h5,7,9H,6H2,1-4H3,(H,13,16). The molecular weight excluding hydrogens is 270 g/mol. The Bertz CT molecular complexity index is 373. The molecule has 90 valence electrons. The molecule has 0 aromatic carbocycles. The van der Waals surface area contributed by atoms with Crippen LogP contribution in [0.3, 0.4) is 0 Å². The van der Waals surface area contributed by atoms with E-state index in [1.54, 1.807) is 17.8 Å². The zero-order chi connectivity index (χ0) is 12.3. The van der Waals surface area contributed by atoms with E-state index in [1.807, 2.05) is 6.92 Å². The molecule has 1 N–H and O–H groups in total. The van der Waals surface area contributed by atoms with Gasteiger partial charge >= 0.3 is 0 Å². The first-order valence-corrected chi connectivity index (χ1v) is 6.26. The van der Waals surface area contributed by atoms with Crippen LogP contribution in [0.15, 0.2) is 6.07 Å². The fourth-order valence-corrected chi connectivity index (χ4v) is 1.50. The largest absolute Gasteiger partial charge is 0.350 e. The van der Waals surface area contributed by atoms with E-state index in [4.69, 9.17) is 0 Å². The van der Waals surface area contributed by atoms with E-state index in [0.29, 0.717) is 23.0 Å². The topological polar surface area (TPSA) is 46.9 Å². The van der Waals surface area contributed by atoms with E-state index >= 15 is 0 Å². The average molecular weight is 288 g/mol. The number of hydrogen-bond donors (Lipinski definition) is 1. The van der Waals surface area contributed by atoms with Gasteiger partial charge < -0.3 is 5.32 Å². The van der Waals surface area contributed by atoms with Crippen molar-refractivity contribution < 1.29 is 4.79 Å². The second-order valence-corrected chi connectivity index (χ2v) is 5.44. The minimum atomic E-state index is -0.0757. The van der Waals surface area contributed by atoms with Crippen molar-refractivity contribution >= 4 is 21.8 Å². The van der Waals surface area contributed by atoms with E-state index in [0.717, 1.165) is 5.69 Å². The van der Waals surface area contributed by atoms with Gasteiger partial charge in [-0.2, -0.15) is 5.10 Å². The Balaban J connectivity index is 2.56. The minimum Gasteiger partial charge on any atom is -0.350 e. The predicted molar refractivity (Wildman–Crippen MR) is 67.8 cm³/mol. The lowest BCUT2D eigenvalue weighted by atomic mass is 10.1. The molecule has 1 rings (SSSR count). The van der Waals surface area contributed by atoms with E-state index in [-0.39, 0.29) is 5.91 Å². The third kappa shape index (κ3) is 3.33. The van der Waals surface area contributed by atoms with Gasteiger partial charge in [0.05, 0.1) is 5.69 Å². The first kappa shape index (κ1) is 13.2. The van der Waals surface area contributed by atoms with Crippen LogP contribution in [0, 0.1) is 12.8 Å². The highest BCUT2D eigenvalue weighted by atomic mass is 79.9. The summed E-state index contributed by atoms with van der Waals surface area (Å²) in [5, 5.41) is 7.03. The second-order valence-electron chi connectivity index (χ2n) is 4.26. The van der Waals surface area contributed by atoms with Crippen molar-refractivity contribution in [2.45, 2.75) is 25.6 Å². The van der Waals surface area contributed by atoms with Crippen molar-refractivity contribution in [3.63, 3.8) is 0 Å². The maximum atomic E-state index is 11.8. The fraction of sp³-hybridized carbons (Fsp3) is 0.636. The molecule has 1 heterocycles. The molecule has 0 aliphatic carbocycles. The highest BCUT2D eigenvalue weighted by Crippen LogP contribution is 2.10. The maximum Gasteiger partial charge on any atom is 0.269 e. The summed E-state index contributed by atoms with van der Waals surface area (Å²) in [6.07, 6.45) is 0. The number of aryl methyl sites for hydroxylation is 2. The van der Waals surface area contributed by atoms with E-state index in [1.165, 1.54) is 0 Å². The number of carbonyl (C=O) groups excluding carboxylic acids is 1. The van der Waals surface area contributed by atoms with Gasteiger partial charge in [-0.1, -0.05) is 29.8 Å². The minimum absolute atomic E-state index is 0.0757. The number of nitrogens with one attached hydrogen (secondary N) is 1. The van der Waals surface area contributed by atoms with E-state index < -0.39 is 0 Å². The number of rotatable bonds is 4. The summed E-state index contributed by atoms with van der Waals surface area (Å²) in [7, 11) is 1.77. The Hall–Kier alpha value is -0.840. The van der Waals surface area contributed by atoms with Crippen LogP contribution < -0.4 is 5.32 Å². The SMILES string of the molecule is Cc1cc(C(=O)NCC(Br)C(C)C)n(C)n1. The van der Waals surface area contributed by atoms with Crippen LogP contribution in [-0.2, 0) is 7.05 Å². The van der Waals surface area contributed by atoms with Gasteiger partial charge in [-0.3, -0.25) is 9.48 Å². The summed E-state index contributed by atoms with van der Waals surface area (Å²) in [5.41, 5.74) is 1.45. The van der Waals surface area contributed by atoms with Crippen LogP contribution in [0.1, 0.15) is 30.0 Å². The van der Waals surface area contributed by atoms with Crippen molar-refractivity contribution in [3.8, 4) is 0 Å². The lowest BCUT2D eigenvalue weighted by molar-refractivity contribution is 0.0943. The summed E-state index contributed by atoms with van der Waals surface area (Å²) < 4.78 is 1.60. The van der Waals surface area contributed by atoms with Crippen molar-refractivity contribution in [2.75, 3.05) is 6.54 Å². The van der Waals surface area contributed by atoms with Gasteiger partial charge in [0.25, 0.3) is 5.91 Å². The molecule has 1 unspecified atom stereocenters. The normalized spacial score (nSPS) is 12.9. The number of alkyl halides is 1. The van der Waals surface area contributed by atoms with E-state index in [9.17, 15) is 4.79 Å². The first-order chi connectivity index (χ1) is 7.41. The molecule has 0 bridgehead atoms. The molecule has 1 aromatic rings. The highest BCUT2D eigenvalue weighted by Gasteiger charge is 2.14. The zero-order valence-electron chi connectivity index (χ0n) is 10.1. The van der Waals surface area contributed by atoms with Gasteiger partial charge in [-0.25, -0.2) is 0 Å². The second kappa shape index (κ2) is 5.48. The van der Waals surface area contributed by atoms with Gasteiger partial charge in [-0.05, 0) is 18.9 Å². The monoisotopic (exact) mass is 287 g/mol. The molecule has 4 nitrogen and oxygen atoms in total. The van der Waals surface area contributed by atoms with E-state index in [2.05, 4.69) is 40.2 Å². The number of amides is 1. The van der Waals surface area contributed by atoms with Gasteiger partial charge in [0.15, 0.2) is 0 Å². The molecule has 0 saturated carbocycles. The molecule has 1 aromatic heterocycles. The number of nitrogens with zero attached hydrogens (tertiary/aromatic N) is 2. The molecule has 16 heavy (non-hydrogen) atoms. The van der Waals surface area contributed by atoms with Crippen molar-refractivity contribution in [2.24, 2.45) is 13.0 Å². The summed E-state index contributed by atoms with van der Waals surface area (Å²) >= 11 is 3.53. The molecule has 5 heteroatoms. The average Bonchev–Trinajstić information content (AvgIpc) is 2.53. The molecule has 0 saturated heterocycles. The molecule has 0 aliphatic rings. The third-order valence-corrected chi connectivity index (χ3v) is 3.80. The van der Waals surface area contributed by atoms with Crippen LogP contribution in [0.4, 0.5) is 0 Å². The maximum absolute atomic E-state index is 11.8. The lowest BCUT2D eigenvalue weighted by Gasteiger charge is -2.14. The van der Waals surface area contributed by atoms with Crippen molar-refractivity contribution in [1.29, 1.82) is 0 Å². The number of halogens is 1. The lowest BCUT2D eigenvalue weighted by Crippen LogP contribution is -2.32. The van der Waals surface area contributed by atoms with Crippen LogP contribution in [-0.4, -0.2) is 27.1 Å². The summed E-state index contributed by atoms with van der Waals surface area (Å²) in [6.45, 7) is 6.72. The van der Waals surface area contributed by atoms with Crippen molar-refractivity contribution in [1.82, 2.24) is 15.1 Å². The Kier molecular flexibility index (Phi) is 4.53. The number of hydrogen-bond acceptors (Lipinski definition) is 2. The molecule has 1 amide bonds. The van der Waals surface area contributed by atoms with Crippen LogP contribution in [0.2, 0.25) is 0 Å². The summed E-state index contributed by atoms with van der Waals surface area (Å²) in [4.78, 5) is 12.1. The molecule has 1 atom stereocenters. The van der Waals surface area contributed by atoms with Crippen LogP contribution in [0.25, 0.3) is 0 Å². The highest BCUT2D eigenvalue weighted by molar-refractivity contribution is 9.09. The quantitative estimate of drug-likeness (QED) is 0.860. The molecular formula is C11H18BrN3O. The Labute approximate surface area is 105 Å². The molecule has 0 radical (unpaired) electrons. The fourth-order valence-electron chi connectivity index (χ4n) is 1.34. The molecule has 0 fully saturated rings. The zero-order valence-corrected chi connectivity index (χ0v) is 11.7. The molecule has 0 spiro atoms. The summed E-state index contributed by atoms with van der Waals surface area (Å²) in [6, 6.07) is 1.79. The predicted octanol–water partition coefficient (Wildman–Crippen LogP) is 1.88. The number of aromatic nitrogens is 2. The Morgan fingerprint density at radius 2 is 2.25 bits per heavy atom. The Morgan fingerprint density at radius 1 is 1.62 bits per heavy atom. The van der Waals surface area contributed by atoms with Gasteiger partial charge in [-0.15, -0.1) is 0 Å². The van der Waals surface area contributed by atoms with Crippen LogP contribution >= 0.6 is 15.9 Å². The third-order valence-electron chi connectivity index (χ3n) is 2.42.